The van der Waals surface area contributed by atoms with Crippen LogP contribution >= 0.6 is 11.3 Å². The number of hydrogen-bond donors (Lipinski definition) is 1. The Balaban J connectivity index is 2.32. The predicted molar refractivity (Wildman–Crippen MR) is 62.9 cm³/mol. The maximum absolute atomic E-state index is 5.76. The molecule has 2 N–H and O–H groups in total. The van der Waals surface area contributed by atoms with Crippen LogP contribution in [0, 0.1) is 0 Å². The van der Waals surface area contributed by atoms with E-state index in [4.69, 9.17) is 5.73 Å². The maximum Gasteiger partial charge on any atom is 0.154 e. The van der Waals surface area contributed by atoms with Gasteiger partial charge in [0, 0.05) is 11.9 Å². The van der Waals surface area contributed by atoms with Crippen molar-refractivity contribution in [3.63, 3.8) is 0 Å². The zero-order chi connectivity index (χ0) is 10.3. The second-order valence-electron chi connectivity index (χ2n) is 3.32. The van der Waals surface area contributed by atoms with E-state index in [1.54, 1.807) is 11.3 Å². The summed E-state index contributed by atoms with van der Waals surface area (Å²) in [4.78, 5) is 5.55. The number of nitrogen functional groups attached to an aromatic ring is 1. The molecule has 0 saturated heterocycles. The van der Waals surface area contributed by atoms with Crippen LogP contribution in [0.3, 0.4) is 0 Å². The Bertz CT molecular complexity index is 595. The average Bonchev–Trinajstić information content (AvgIpc) is 2.83. The zero-order valence-electron chi connectivity index (χ0n) is 7.92. The minimum Gasteiger partial charge on any atom is -0.398 e. The van der Waals surface area contributed by atoms with Crippen LogP contribution in [0.2, 0.25) is 0 Å². The maximum atomic E-state index is 5.76. The van der Waals surface area contributed by atoms with Crippen LogP contribution in [0.4, 0.5) is 5.69 Å². The number of nitrogens with zero attached hydrogens (tertiary/aromatic N) is 2. The van der Waals surface area contributed by atoms with Gasteiger partial charge in [-0.3, -0.25) is 4.40 Å². The largest absolute Gasteiger partial charge is 0.398 e. The number of fused-ring (bicyclic) bond motifs is 1. The summed E-state index contributed by atoms with van der Waals surface area (Å²) in [5.41, 5.74) is 7.57. The van der Waals surface area contributed by atoms with Crippen molar-refractivity contribution in [3.8, 4) is 10.7 Å². The smallest absolute Gasteiger partial charge is 0.154 e. The Hall–Kier alpha value is -1.81. The summed E-state index contributed by atoms with van der Waals surface area (Å²) in [6.07, 6.45) is 3.76. The van der Waals surface area contributed by atoms with E-state index >= 15 is 0 Å². The molecule has 0 amide bonds. The molecular weight excluding hydrogens is 206 g/mol. The molecule has 0 saturated carbocycles. The molecule has 0 aliphatic heterocycles. The summed E-state index contributed by atoms with van der Waals surface area (Å²) in [5.74, 6) is 0.951. The Morgan fingerprint density at radius 3 is 3.00 bits per heavy atom. The lowest BCUT2D eigenvalue weighted by atomic mass is 10.4. The third kappa shape index (κ3) is 1.30. The van der Waals surface area contributed by atoms with Gasteiger partial charge in [-0.2, -0.15) is 0 Å². The van der Waals surface area contributed by atoms with E-state index in [2.05, 4.69) is 11.1 Å². The molecule has 0 bridgehead atoms. The van der Waals surface area contributed by atoms with Crippen LogP contribution in [-0.2, 0) is 0 Å². The Kier molecular flexibility index (Phi) is 1.76. The molecule has 3 aromatic rings. The summed E-state index contributed by atoms with van der Waals surface area (Å²) in [6, 6.07) is 7.94. The first-order valence-corrected chi connectivity index (χ1v) is 5.49. The summed E-state index contributed by atoms with van der Waals surface area (Å²) < 4.78 is 2.02. The molecule has 0 aliphatic rings. The van der Waals surface area contributed by atoms with Crippen LogP contribution in [-0.4, -0.2) is 9.38 Å². The lowest BCUT2D eigenvalue weighted by molar-refractivity contribution is 1.17. The van der Waals surface area contributed by atoms with Gasteiger partial charge in [0.05, 0.1) is 16.6 Å². The standard InChI is InChI=1S/C11H9N3S/c12-8-3-4-9-6-13-11(14(9)7-8)10-2-1-5-15-10/h1-7H,12H2. The topological polar surface area (TPSA) is 43.3 Å². The number of anilines is 1. The minimum atomic E-state index is 0.748. The van der Waals surface area contributed by atoms with Crippen LogP contribution in [0.15, 0.2) is 42.0 Å². The molecule has 4 heteroatoms. The van der Waals surface area contributed by atoms with E-state index in [0.717, 1.165) is 21.9 Å². The SMILES string of the molecule is Nc1ccc2cnc(-c3cccs3)n2c1. The van der Waals surface area contributed by atoms with Crippen LogP contribution in [0.25, 0.3) is 16.2 Å². The first kappa shape index (κ1) is 8.49. The highest BCUT2D eigenvalue weighted by molar-refractivity contribution is 7.13. The zero-order valence-corrected chi connectivity index (χ0v) is 8.74. The molecule has 0 aromatic carbocycles. The molecule has 3 nitrogen and oxygen atoms in total. The van der Waals surface area contributed by atoms with Crippen molar-refractivity contribution in [1.29, 1.82) is 0 Å². The van der Waals surface area contributed by atoms with E-state index in [1.807, 2.05) is 40.4 Å². The highest BCUT2D eigenvalue weighted by atomic mass is 32.1. The number of hydrogen-bond acceptors (Lipinski definition) is 3. The monoisotopic (exact) mass is 215 g/mol. The molecule has 3 heterocycles. The molecular formula is C11H9N3S. The van der Waals surface area contributed by atoms with E-state index in [-0.39, 0.29) is 0 Å². The fourth-order valence-electron chi connectivity index (χ4n) is 1.59. The van der Waals surface area contributed by atoms with Gasteiger partial charge in [0.2, 0.25) is 0 Å². The van der Waals surface area contributed by atoms with Gasteiger partial charge in [-0.1, -0.05) is 6.07 Å². The number of pyridine rings is 1. The third-order valence-electron chi connectivity index (χ3n) is 2.29. The molecule has 3 rings (SSSR count). The average molecular weight is 215 g/mol. The molecule has 3 aromatic heterocycles. The van der Waals surface area contributed by atoms with Crippen LogP contribution in [0.5, 0.6) is 0 Å². The minimum absolute atomic E-state index is 0.748. The lowest BCUT2D eigenvalue weighted by Crippen LogP contribution is -1.91. The van der Waals surface area contributed by atoms with Crippen molar-refractivity contribution in [2.45, 2.75) is 0 Å². The fourth-order valence-corrected chi connectivity index (χ4v) is 2.31. The van der Waals surface area contributed by atoms with Crippen molar-refractivity contribution in [2.75, 3.05) is 5.73 Å². The number of aromatic nitrogens is 2. The highest BCUT2D eigenvalue weighted by Crippen LogP contribution is 2.24. The molecule has 0 radical (unpaired) electrons. The summed E-state index contributed by atoms with van der Waals surface area (Å²) in [6.45, 7) is 0. The second kappa shape index (κ2) is 3.10. The molecule has 15 heavy (non-hydrogen) atoms. The van der Waals surface area contributed by atoms with Crippen molar-refractivity contribution >= 4 is 22.5 Å². The molecule has 0 aliphatic carbocycles. The molecule has 0 spiro atoms. The van der Waals surface area contributed by atoms with Gasteiger partial charge in [0.1, 0.15) is 0 Å². The second-order valence-corrected chi connectivity index (χ2v) is 4.26. The number of thiophene rings is 1. The van der Waals surface area contributed by atoms with Gasteiger partial charge in [0.15, 0.2) is 5.82 Å². The normalized spacial score (nSPS) is 10.9. The van der Waals surface area contributed by atoms with E-state index in [1.165, 1.54) is 0 Å². The molecule has 0 fully saturated rings. The predicted octanol–water partition coefficient (Wildman–Crippen LogP) is 2.65. The van der Waals surface area contributed by atoms with Crippen LogP contribution < -0.4 is 5.73 Å². The van der Waals surface area contributed by atoms with Crippen LogP contribution in [0.1, 0.15) is 0 Å². The lowest BCUT2D eigenvalue weighted by Gasteiger charge is -1.99. The van der Waals surface area contributed by atoms with Gasteiger partial charge in [-0.05, 0) is 23.6 Å². The first-order valence-electron chi connectivity index (χ1n) is 4.61. The number of imidazole rings is 1. The Labute approximate surface area is 90.8 Å². The van der Waals surface area contributed by atoms with Gasteiger partial charge in [0.25, 0.3) is 0 Å². The number of nitrogens with two attached hydrogens (primary N) is 1. The van der Waals surface area contributed by atoms with Gasteiger partial charge in [-0.15, -0.1) is 11.3 Å². The Morgan fingerprint density at radius 1 is 1.27 bits per heavy atom. The third-order valence-corrected chi connectivity index (χ3v) is 3.16. The fraction of sp³-hybridized carbons (Fsp3) is 0. The van der Waals surface area contributed by atoms with E-state index in [0.29, 0.717) is 0 Å². The van der Waals surface area contributed by atoms with Crippen molar-refractivity contribution in [2.24, 2.45) is 0 Å². The van der Waals surface area contributed by atoms with Gasteiger partial charge < -0.3 is 5.73 Å². The van der Waals surface area contributed by atoms with Gasteiger partial charge >= 0.3 is 0 Å². The Morgan fingerprint density at radius 2 is 2.20 bits per heavy atom. The van der Waals surface area contributed by atoms with Crippen molar-refractivity contribution in [1.82, 2.24) is 9.38 Å². The highest BCUT2D eigenvalue weighted by Gasteiger charge is 2.06. The quantitative estimate of drug-likeness (QED) is 0.678. The van der Waals surface area contributed by atoms with E-state index < -0.39 is 0 Å². The molecule has 74 valence electrons. The first-order chi connectivity index (χ1) is 7.34. The van der Waals surface area contributed by atoms with Gasteiger partial charge in [-0.25, -0.2) is 4.98 Å². The van der Waals surface area contributed by atoms with Crippen molar-refractivity contribution in [3.05, 3.63) is 42.0 Å². The molecule has 0 atom stereocenters. The summed E-state index contributed by atoms with van der Waals surface area (Å²) >= 11 is 1.68. The molecule has 0 unspecified atom stereocenters. The van der Waals surface area contributed by atoms with Crippen molar-refractivity contribution < 1.29 is 0 Å². The summed E-state index contributed by atoms with van der Waals surface area (Å²) in [7, 11) is 0. The number of rotatable bonds is 1. The van der Waals surface area contributed by atoms with E-state index in [9.17, 15) is 0 Å². The summed E-state index contributed by atoms with van der Waals surface area (Å²) in [5, 5.41) is 2.04.